The molecule has 0 saturated heterocycles. The molecule has 0 aliphatic heterocycles. The topological polar surface area (TPSA) is 42.2 Å². The smallest absolute Gasteiger partial charge is 0.0300 e. The van der Waals surface area contributed by atoms with E-state index in [0.717, 1.165) is 19.5 Å². The fourth-order valence-corrected chi connectivity index (χ4v) is 2.15. The van der Waals surface area contributed by atoms with E-state index >= 15 is 0 Å². The number of hydrogen-bond donors (Lipinski definition) is 1. The number of nitrogens with two attached hydrogens (primary N) is 1. The van der Waals surface area contributed by atoms with E-state index in [1.54, 1.807) is 0 Å². The van der Waals surface area contributed by atoms with Crippen molar-refractivity contribution in [2.45, 2.75) is 19.5 Å². The van der Waals surface area contributed by atoms with Crippen molar-refractivity contribution >= 4 is 0 Å². The van der Waals surface area contributed by atoms with E-state index in [0.29, 0.717) is 6.54 Å². The van der Waals surface area contributed by atoms with Crippen molar-refractivity contribution in [1.82, 2.24) is 9.88 Å². The molecule has 3 nitrogen and oxygen atoms in total. The zero-order chi connectivity index (χ0) is 13.5. The second kappa shape index (κ2) is 7.02. The molecule has 0 aliphatic carbocycles. The van der Waals surface area contributed by atoms with Crippen molar-refractivity contribution in [3.05, 3.63) is 65.5 Å². The summed E-state index contributed by atoms with van der Waals surface area (Å²) in [6, 6.07) is 12.5. The maximum absolute atomic E-state index is 5.76. The maximum Gasteiger partial charge on any atom is 0.0300 e. The van der Waals surface area contributed by atoms with Crippen LogP contribution in [-0.2, 0) is 19.5 Å². The van der Waals surface area contributed by atoms with Crippen molar-refractivity contribution in [3.63, 3.8) is 0 Å². The Morgan fingerprint density at radius 2 is 1.89 bits per heavy atom. The lowest BCUT2D eigenvalue weighted by Crippen LogP contribution is -2.21. The maximum atomic E-state index is 5.76. The molecule has 0 fully saturated rings. The lowest BCUT2D eigenvalue weighted by atomic mass is 10.1. The van der Waals surface area contributed by atoms with Crippen molar-refractivity contribution in [2.75, 3.05) is 13.6 Å². The molecule has 0 spiro atoms. The highest BCUT2D eigenvalue weighted by molar-refractivity contribution is 5.26. The van der Waals surface area contributed by atoms with Gasteiger partial charge in [-0.15, -0.1) is 0 Å². The number of benzene rings is 1. The van der Waals surface area contributed by atoms with Gasteiger partial charge in [-0.2, -0.15) is 0 Å². The van der Waals surface area contributed by atoms with E-state index < -0.39 is 0 Å². The van der Waals surface area contributed by atoms with Crippen LogP contribution in [0.2, 0.25) is 0 Å². The lowest BCUT2D eigenvalue weighted by molar-refractivity contribution is 0.330. The Labute approximate surface area is 115 Å². The van der Waals surface area contributed by atoms with Crippen LogP contribution in [0.3, 0.4) is 0 Å². The van der Waals surface area contributed by atoms with Crippen LogP contribution in [0.25, 0.3) is 0 Å². The number of rotatable bonds is 6. The number of aromatic nitrogens is 1. The van der Waals surface area contributed by atoms with Crippen LogP contribution < -0.4 is 5.73 Å². The highest BCUT2D eigenvalue weighted by atomic mass is 15.1. The number of nitrogens with zero attached hydrogens (tertiary/aromatic N) is 2. The van der Waals surface area contributed by atoms with E-state index in [-0.39, 0.29) is 0 Å². The van der Waals surface area contributed by atoms with E-state index in [9.17, 15) is 0 Å². The molecule has 1 aromatic heterocycles. The Morgan fingerprint density at radius 3 is 2.58 bits per heavy atom. The van der Waals surface area contributed by atoms with Gasteiger partial charge in [0.25, 0.3) is 0 Å². The summed E-state index contributed by atoms with van der Waals surface area (Å²) in [4.78, 5) is 6.46. The second-order valence-electron chi connectivity index (χ2n) is 4.82. The summed E-state index contributed by atoms with van der Waals surface area (Å²) in [7, 11) is 2.14. The molecule has 3 heteroatoms. The summed E-state index contributed by atoms with van der Waals surface area (Å²) in [6.07, 6.45) is 4.77. The third-order valence-electron chi connectivity index (χ3n) is 3.28. The van der Waals surface area contributed by atoms with E-state index in [1.807, 2.05) is 24.5 Å². The third-order valence-corrected chi connectivity index (χ3v) is 3.28. The lowest BCUT2D eigenvalue weighted by Gasteiger charge is -2.18. The molecule has 0 unspecified atom stereocenters. The summed E-state index contributed by atoms with van der Waals surface area (Å²) in [5.74, 6) is 0. The fourth-order valence-electron chi connectivity index (χ4n) is 2.15. The van der Waals surface area contributed by atoms with Crippen LogP contribution in [0.15, 0.2) is 48.8 Å². The number of pyridine rings is 1. The van der Waals surface area contributed by atoms with Crippen LogP contribution in [0.5, 0.6) is 0 Å². The van der Waals surface area contributed by atoms with Gasteiger partial charge in [-0.25, -0.2) is 0 Å². The molecule has 0 aliphatic rings. The monoisotopic (exact) mass is 255 g/mol. The van der Waals surface area contributed by atoms with Gasteiger partial charge < -0.3 is 10.6 Å². The molecular formula is C16H21N3. The Bertz CT molecular complexity index is 496. The molecule has 0 saturated carbocycles. The molecule has 0 radical (unpaired) electrons. The van der Waals surface area contributed by atoms with Crippen LogP contribution >= 0.6 is 0 Å². The Kier molecular flexibility index (Phi) is 5.07. The Balaban J connectivity index is 1.89. The largest absolute Gasteiger partial charge is 0.326 e. The molecule has 1 aromatic carbocycles. The SMILES string of the molecule is CN(CCc1cccnc1)Cc1ccccc1CN. The summed E-state index contributed by atoms with van der Waals surface area (Å²) < 4.78 is 0. The molecule has 19 heavy (non-hydrogen) atoms. The van der Waals surface area contributed by atoms with Crippen LogP contribution in [0.1, 0.15) is 16.7 Å². The van der Waals surface area contributed by atoms with Gasteiger partial charge in [-0.3, -0.25) is 4.98 Å². The van der Waals surface area contributed by atoms with Gasteiger partial charge in [0.2, 0.25) is 0 Å². The van der Waals surface area contributed by atoms with Crippen molar-refractivity contribution < 1.29 is 0 Å². The van der Waals surface area contributed by atoms with Gasteiger partial charge in [0.1, 0.15) is 0 Å². The molecule has 0 bridgehead atoms. The van der Waals surface area contributed by atoms with Crippen LogP contribution in [0.4, 0.5) is 0 Å². The highest BCUT2D eigenvalue weighted by Crippen LogP contribution is 2.10. The van der Waals surface area contributed by atoms with Crippen molar-refractivity contribution in [3.8, 4) is 0 Å². The average Bonchev–Trinajstić information content (AvgIpc) is 2.47. The van der Waals surface area contributed by atoms with Gasteiger partial charge >= 0.3 is 0 Å². The minimum atomic E-state index is 0.604. The van der Waals surface area contributed by atoms with Gasteiger partial charge in [0.15, 0.2) is 0 Å². The van der Waals surface area contributed by atoms with E-state index in [4.69, 9.17) is 5.73 Å². The van der Waals surface area contributed by atoms with Crippen LogP contribution in [-0.4, -0.2) is 23.5 Å². The molecule has 2 rings (SSSR count). The first-order valence-electron chi connectivity index (χ1n) is 6.64. The fraction of sp³-hybridized carbons (Fsp3) is 0.312. The highest BCUT2D eigenvalue weighted by Gasteiger charge is 2.04. The summed E-state index contributed by atoms with van der Waals surface area (Å²) >= 11 is 0. The molecule has 0 amide bonds. The standard InChI is InChI=1S/C16H21N3/c1-19(10-8-14-5-4-9-18-12-14)13-16-7-3-2-6-15(16)11-17/h2-7,9,12H,8,10-11,13,17H2,1H3. The van der Waals surface area contributed by atoms with E-state index in [2.05, 4.69) is 41.2 Å². The first kappa shape index (κ1) is 13.7. The predicted octanol–water partition coefficient (Wildman–Crippen LogP) is 2.21. The van der Waals surface area contributed by atoms with E-state index in [1.165, 1.54) is 16.7 Å². The minimum absolute atomic E-state index is 0.604. The van der Waals surface area contributed by atoms with Crippen LogP contribution in [0, 0.1) is 0 Å². The van der Waals surface area contributed by atoms with Gasteiger partial charge in [-0.05, 0) is 36.2 Å². The second-order valence-corrected chi connectivity index (χ2v) is 4.82. The first-order chi connectivity index (χ1) is 9.29. The normalized spacial score (nSPS) is 10.9. The average molecular weight is 255 g/mol. The van der Waals surface area contributed by atoms with Crippen molar-refractivity contribution in [2.24, 2.45) is 5.73 Å². The first-order valence-corrected chi connectivity index (χ1v) is 6.64. The molecule has 100 valence electrons. The summed E-state index contributed by atoms with van der Waals surface area (Å²) in [5, 5.41) is 0. The van der Waals surface area contributed by atoms with Crippen molar-refractivity contribution in [1.29, 1.82) is 0 Å². The number of hydrogen-bond acceptors (Lipinski definition) is 3. The molecule has 0 atom stereocenters. The molecule has 2 aromatic rings. The quantitative estimate of drug-likeness (QED) is 0.860. The van der Waals surface area contributed by atoms with Gasteiger partial charge in [-0.1, -0.05) is 30.3 Å². The molecule has 2 N–H and O–H groups in total. The Hall–Kier alpha value is -1.71. The van der Waals surface area contributed by atoms with Gasteiger partial charge in [0, 0.05) is 32.0 Å². The predicted molar refractivity (Wildman–Crippen MR) is 78.6 cm³/mol. The Morgan fingerprint density at radius 1 is 1.11 bits per heavy atom. The summed E-state index contributed by atoms with van der Waals surface area (Å²) in [6.45, 7) is 2.56. The zero-order valence-electron chi connectivity index (χ0n) is 11.4. The zero-order valence-corrected chi connectivity index (χ0v) is 11.4. The molecular weight excluding hydrogens is 234 g/mol. The van der Waals surface area contributed by atoms with Gasteiger partial charge in [0.05, 0.1) is 0 Å². The minimum Gasteiger partial charge on any atom is -0.326 e. The molecule has 1 heterocycles. The summed E-state index contributed by atoms with van der Waals surface area (Å²) in [5.41, 5.74) is 9.59. The number of likely N-dealkylation sites (N-methyl/N-ethyl adjacent to an activating group) is 1. The third kappa shape index (κ3) is 4.16.